The Hall–Kier alpha value is -2.97. The summed E-state index contributed by atoms with van der Waals surface area (Å²) >= 11 is 0. The van der Waals surface area contributed by atoms with Crippen molar-refractivity contribution < 1.29 is 9.53 Å². The van der Waals surface area contributed by atoms with Crippen molar-refractivity contribution in [3.63, 3.8) is 0 Å². The summed E-state index contributed by atoms with van der Waals surface area (Å²) in [4.78, 5) is 22.3. The maximum atomic E-state index is 12.7. The minimum atomic E-state index is 0.00351. The molecule has 0 saturated carbocycles. The first-order valence-electron chi connectivity index (χ1n) is 11.5. The molecule has 0 aliphatic carbocycles. The van der Waals surface area contributed by atoms with E-state index in [4.69, 9.17) is 9.72 Å². The number of ether oxygens (including phenoxy) is 1. The number of methoxy groups -OCH3 is 1. The lowest BCUT2D eigenvalue weighted by Gasteiger charge is -2.32. The van der Waals surface area contributed by atoms with Gasteiger partial charge in [-0.2, -0.15) is 0 Å². The van der Waals surface area contributed by atoms with Crippen molar-refractivity contribution >= 4 is 22.6 Å². The van der Waals surface area contributed by atoms with Gasteiger partial charge < -0.3 is 15.0 Å². The summed E-state index contributed by atoms with van der Waals surface area (Å²) in [6.07, 6.45) is 1.01. The van der Waals surface area contributed by atoms with Crippen molar-refractivity contribution in [2.45, 2.75) is 33.2 Å². The zero-order chi connectivity index (χ0) is 23.5. The van der Waals surface area contributed by atoms with Gasteiger partial charge in [-0.05, 0) is 56.1 Å². The summed E-state index contributed by atoms with van der Waals surface area (Å²) in [5, 5.41) is 8.39. The quantitative estimate of drug-likeness (QED) is 0.597. The number of pyridine rings is 1. The van der Waals surface area contributed by atoms with Gasteiger partial charge in [0.1, 0.15) is 0 Å². The van der Waals surface area contributed by atoms with Crippen LogP contribution in [-0.4, -0.2) is 70.8 Å². The smallest absolute Gasteiger partial charge is 0.242 e. The fourth-order valence-electron chi connectivity index (χ4n) is 4.58. The number of aromatic nitrogens is 3. The molecule has 0 spiro atoms. The van der Waals surface area contributed by atoms with E-state index in [1.807, 2.05) is 26.1 Å². The molecule has 8 nitrogen and oxygen atoms in total. The number of rotatable bonds is 7. The number of aryl methyl sites for hydroxylation is 3. The Bertz CT molecular complexity index is 1150. The molecule has 0 radical (unpaired) electrons. The van der Waals surface area contributed by atoms with E-state index in [0.29, 0.717) is 18.7 Å². The Morgan fingerprint density at radius 2 is 1.91 bits per heavy atom. The van der Waals surface area contributed by atoms with Crippen molar-refractivity contribution in [2.75, 3.05) is 45.7 Å². The first kappa shape index (κ1) is 23.2. The van der Waals surface area contributed by atoms with Gasteiger partial charge in [0.15, 0.2) is 5.65 Å². The minimum absolute atomic E-state index is 0.00351. The molecule has 1 aliphatic heterocycles. The van der Waals surface area contributed by atoms with Crippen LogP contribution in [0.15, 0.2) is 24.3 Å². The number of likely N-dealkylation sites (N-methyl/N-ethyl adjacent to an activating group) is 1. The molecule has 1 fully saturated rings. The predicted octanol–water partition coefficient (Wildman–Crippen LogP) is 2.91. The number of fused-ring (bicyclic) bond motifs is 1. The fraction of sp³-hybridized carbons (Fsp3) is 0.480. The van der Waals surface area contributed by atoms with Crippen LogP contribution in [0.25, 0.3) is 11.0 Å². The van der Waals surface area contributed by atoms with Gasteiger partial charge in [0, 0.05) is 57.6 Å². The van der Waals surface area contributed by atoms with Gasteiger partial charge in [-0.3, -0.25) is 9.69 Å². The normalized spacial score (nSPS) is 15.2. The molecule has 3 aromatic rings. The highest BCUT2D eigenvalue weighted by Crippen LogP contribution is 2.30. The number of carbonyl (C=O) groups excluding carboxylic acids is 1. The molecule has 1 aromatic carbocycles. The summed E-state index contributed by atoms with van der Waals surface area (Å²) in [5.41, 5.74) is 5.95. The van der Waals surface area contributed by atoms with Gasteiger partial charge in [0.05, 0.1) is 12.5 Å². The van der Waals surface area contributed by atoms with Gasteiger partial charge in [0.2, 0.25) is 11.8 Å². The molecule has 1 amide bonds. The van der Waals surface area contributed by atoms with Crippen molar-refractivity contribution in [3.8, 4) is 5.88 Å². The second kappa shape index (κ2) is 9.89. The maximum Gasteiger partial charge on any atom is 0.242 e. The summed E-state index contributed by atoms with van der Waals surface area (Å²) in [7, 11) is 5.64. The highest BCUT2D eigenvalue weighted by Gasteiger charge is 2.19. The molecular formula is C25H34N6O2. The zero-order valence-corrected chi connectivity index (χ0v) is 20.3. The standard InChI is InChI=1S/C25H34N6O2/c1-17-21(18(2)26-24-23(17)25(33-5)28-30(24)4)9-10-22(32)27-20-8-6-7-19(15-20)16-31-13-11-29(3)12-14-31/h6-8,15H,9-14,16H2,1-5H3,(H,27,32). The van der Waals surface area contributed by atoms with Gasteiger partial charge in [0.25, 0.3) is 0 Å². The average Bonchev–Trinajstić information content (AvgIpc) is 3.11. The van der Waals surface area contributed by atoms with Gasteiger partial charge >= 0.3 is 0 Å². The highest BCUT2D eigenvalue weighted by molar-refractivity contribution is 5.91. The summed E-state index contributed by atoms with van der Waals surface area (Å²) in [6.45, 7) is 9.30. The zero-order valence-electron chi connectivity index (χ0n) is 20.3. The second-order valence-corrected chi connectivity index (χ2v) is 8.96. The molecule has 1 aliphatic rings. The Labute approximate surface area is 195 Å². The number of nitrogens with zero attached hydrogens (tertiary/aromatic N) is 5. The predicted molar refractivity (Wildman–Crippen MR) is 131 cm³/mol. The number of hydrogen-bond acceptors (Lipinski definition) is 6. The Morgan fingerprint density at radius 3 is 2.64 bits per heavy atom. The monoisotopic (exact) mass is 450 g/mol. The molecule has 2 aromatic heterocycles. The van der Waals surface area contributed by atoms with Crippen molar-refractivity contribution in [1.82, 2.24) is 24.6 Å². The summed E-state index contributed by atoms with van der Waals surface area (Å²) < 4.78 is 7.18. The van der Waals surface area contributed by atoms with Crippen LogP contribution in [-0.2, 0) is 24.8 Å². The third-order valence-corrected chi connectivity index (χ3v) is 6.53. The molecule has 3 heterocycles. The Kier molecular flexibility index (Phi) is 6.95. The van der Waals surface area contributed by atoms with E-state index >= 15 is 0 Å². The van der Waals surface area contributed by atoms with E-state index in [9.17, 15) is 4.79 Å². The number of amides is 1. The number of hydrogen-bond donors (Lipinski definition) is 1. The van der Waals surface area contributed by atoms with Crippen molar-refractivity contribution in [3.05, 3.63) is 46.6 Å². The molecule has 0 bridgehead atoms. The third kappa shape index (κ3) is 5.17. The average molecular weight is 451 g/mol. The molecule has 1 saturated heterocycles. The number of piperazine rings is 1. The minimum Gasteiger partial charge on any atom is -0.479 e. The van der Waals surface area contributed by atoms with Crippen LogP contribution in [0.2, 0.25) is 0 Å². The third-order valence-electron chi connectivity index (χ3n) is 6.53. The molecule has 4 rings (SSSR count). The SMILES string of the molecule is COc1nn(C)c2nc(C)c(CCC(=O)Nc3cccc(CN4CCN(C)CC4)c3)c(C)c12. The topological polar surface area (TPSA) is 75.5 Å². The van der Waals surface area contributed by atoms with E-state index in [0.717, 1.165) is 66.3 Å². The Morgan fingerprint density at radius 1 is 1.15 bits per heavy atom. The first-order chi connectivity index (χ1) is 15.9. The molecule has 1 N–H and O–H groups in total. The summed E-state index contributed by atoms with van der Waals surface area (Å²) in [6, 6.07) is 8.18. The molecule has 33 heavy (non-hydrogen) atoms. The maximum absolute atomic E-state index is 12.7. The number of anilines is 1. The molecule has 8 heteroatoms. The molecule has 0 unspecified atom stereocenters. The van der Waals surface area contributed by atoms with Crippen LogP contribution in [0.1, 0.15) is 28.8 Å². The lowest BCUT2D eigenvalue weighted by Crippen LogP contribution is -2.43. The van der Waals surface area contributed by atoms with E-state index in [1.54, 1.807) is 11.8 Å². The molecule has 0 atom stereocenters. The fourth-order valence-corrected chi connectivity index (χ4v) is 4.58. The van der Waals surface area contributed by atoms with Gasteiger partial charge in [-0.1, -0.05) is 12.1 Å². The Balaban J connectivity index is 1.40. The van der Waals surface area contributed by atoms with Crippen LogP contribution in [0, 0.1) is 13.8 Å². The summed E-state index contributed by atoms with van der Waals surface area (Å²) in [5.74, 6) is 0.573. The highest BCUT2D eigenvalue weighted by atomic mass is 16.5. The van der Waals surface area contributed by atoms with Crippen LogP contribution in [0.3, 0.4) is 0 Å². The van der Waals surface area contributed by atoms with Crippen LogP contribution in [0.5, 0.6) is 5.88 Å². The van der Waals surface area contributed by atoms with Crippen LogP contribution < -0.4 is 10.1 Å². The lowest BCUT2D eigenvalue weighted by atomic mass is 10.00. The van der Waals surface area contributed by atoms with E-state index < -0.39 is 0 Å². The van der Waals surface area contributed by atoms with Gasteiger partial charge in [-0.15, -0.1) is 5.10 Å². The van der Waals surface area contributed by atoms with E-state index in [-0.39, 0.29) is 5.91 Å². The van der Waals surface area contributed by atoms with Crippen LogP contribution >= 0.6 is 0 Å². The van der Waals surface area contributed by atoms with E-state index in [2.05, 4.69) is 46.3 Å². The second-order valence-electron chi connectivity index (χ2n) is 8.96. The number of benzene rings is 1. The van der Waals surface area contributed by atoms with Crippen molar-refractivity contribution in [2.24, 2.45) is 7.05 Å². The molecule has 176 valence electrons. The number of nitrogens with one attached hydrogen (secondary N) is 1. The lowest BCUT2D eigenvalue weighted by molar-refractivity contribution is -0.116. The van der Waals surface area contributed by atoms with Crippen molar-refractivity contribution in [1.29, 1.82) is 0 Å². The van der Waals surface area contributed by atoms with E-state index in [1.165, 1.54) is 5.56 Å². The van der Waals surface area contributed by atoms with Gasteiger partial charge in [-0.25, -0.2) is 9.67 Å². The number of carbonyl (C=O) groups is 1. The molecular weight excluding hydrogens is 416 g/mol. The largest absolute Gasteiger partial charge is 0.479 e. The first-order valence-corrected chi connectivity index (χ1v) is 11.5. The van der Waals surface area contributed by atoms with Crippen LogP contribution in [0.4, 0.5) is 5.69 Å².